The van der Waals surface area contributed by atoms with Crippen molar-refractivity contribution in [2.75, 3.05) is 0 Å². The molecular weight excluding hydrogens is 367 g/mol. The van der Waals surface area contributed by atoms with E-state index in [1.807, 2.05) is 36.4 Å². The molecule has 0 fully saturated rings. The van der Waals surface area contributed by atoms with E-state index in [4.69, 9.17) is 11.6 Å². The Bertz CT molecular complexity index is 834. The van der Waals surface area contributed by atoms with Crippen molar-refractivity contribution in [1.82, 2.24) is 0 Å². The molecule has 0 bridgehead atoms. The lowest BCUT2D eigenvalue weighted by Crippen LogP contribution is -1.88. The van der Waals surface area contributed by atoms with Crippen LogP contribution in [-0.4, -0.2) is 5.11 Å². The van der Waals surface area contributed by atoms with Crippen molar-refractivity contribution >= 4 is 27.5 Å². The molecule has 4 heteroatoms. The quantitative estimate of drug-likeness (QED) is 0.521. The first-order valence-electron chi connectivity index (χ1n) is 6.59. The highest BCUT2D eigenvalue weighted by Crippen LogP contribution is 2.38. The monoisotopic (exact) mass is 376 g/mol. The Morgan fingerprint density at radius 2 is 1.59 bits per heavy atom. The SMILES string of the molecule is Oc1cc(-c2ccccc2)ccc1-c1cc(Br)cc(Cl)c1F. The van der Waals surface area contributed by atoms with Crippen LogP contribution in [0.4, 0.5) is 4.39 Å². The molecular formula is C18H11BrClFO. The molecule has 3 aromatic rings. The maximum atomic E-state index is 14.2. The molecule has 0 heterocycles. The summed E-state index contributed by atoms with van der Waals surface area (Å²) in [7, 11) is 0. The second-order valence-corrected chi connectivity index (χ2v) is 6.17. The number of benzene rings is 3. The second kappa shape index (κ2) is 6.11. The third kappa shape index (κ3) is 2.87. The van der Waals surface area contributed by atoms with Gasteiger partial charge in [0.25, 0.3) is 0 Å². The predicted molar refractivity (Wildman–Crippen MR) is 91.6 cm³/mol. The largest absolute Gasteiger partial charge is 0.507 e. The van der Waals surface area contributed by atoms with Gasteiger partial charge in [0.15, 0.2) is 0 Å². The minimum Gasteiger partial charge on any atom is -0.507 e. The molecule has 3 rings (SSSR count). The number of phenolic OH excluding ortho intramolecular Hbond substituents is 1. The Morgan fingerprint density at radius 3 is 2.27 bits per heavy atom. The Hall–Kier alpha value is -1.84. The summed E-state index contributed by atoms with van der Waals surface area (Å²) in [5, 5.41) is 10.3. The third-order valence-electron chi connectivity index (χ3n) is 3.39. The number of phenols is 1. The summed E-state index contributed by atoms with van der Waals surface area (Å²) in [4.78, 5) is 0. The van der Waals surface area contributed by atoms with Gasteiger partial charge in [-0.25, -0.2) is 4.39 Å². The Labute approximate surface area is 141 Å². The molecule has 0 spiro atoms. The van der Waals surface area contributed by atoms with Gasteiger partial charge < -0.3 is 5.11 Å². The summed E-state index contributed by atoms with van der Waals surface area (Å²) in [5.41, 5.74) is 2.51. The van der Waals surface area contributed by atoms with Gasteiger partial charge in [-0.1, -0.05) is 63.9 Å². The fourth-order valence-electron chi connectivity index (χ4n) is 2.32. The maximum absolute atomic E-state index is 14.2. The maximum Gasteiger partial charge on any atom is 0.149 e. The van der Waals surface area contributed by atoms with Crippen LogP contribution in [0.5, 0.6) is 5.75 Å². The molecule has 0 radical (unpaired) electrons. The molecule has 110 valence electrons. The molecule has 0 saturated carbocycles. The van der Waals surface area contributed by atoms with E-state index in [0.717, 1.165) is 11.1 Å². The van der Waals surface area contributed by atoms with Crippen LogP contribution in [0.2, 0.25) is 5.02 Å². The fraction of sp³-hybridized carbons (Fsp3) is 0. The first kappa shape index (κ1) is 15.1. The Balaban J connectivity index is 2.11. The highest BCUT2D eigenvalue weighted by Gasteiger charge is 2.14. The molecule has 22 heavy (non-hydrogen) atoms. The topological polar surface area (TPSA) is 20.2 Å². The fourth-order valence-corrected chi connectivity index (χ4v) is 3.13. The van der Waals surface area contributed by atoms with E-state index in [1.165, 1.54) is 6.07 Å². The summed E-state index contributed by atoms with van der Waals surface area (Å²) >= 11 is 9.15. The number of aromatic hydroxyl groups is 1. The van der Waals surface area contributed by atoms with E-state index in [2.05, 4.69) is 15.9 Å². The van der Waals surface area contributed by atoms with Crippen molar-refractivity contribution in [3.63, 3.8) is 0 Å². The summed E-state index contributed by atoms with van der Waals surface area (Å²) in [5.74, 6) is -0.540. The zero-order valence-electron chi connectivity index (χ0n) is 11.4. The van der Waals surface area contributed by atoms with Crippen molar-refractivity contribution in [3.8, 4) is 28.0 Å². The van der Waals surface area contributed by atoms with E-state index in [9.17, 15) is 9.50 Å². The Morgan fingerprint density at radius 1 is 0.864 bits per heavy atom. The van der Waals surface area contributed by atoms with Crippen LogP contribution in [0, 0.1) is 5.82 Å². The molecule has 0 amide bonds. The average molecular weight is 378 g/mol. The molecule has 0 aromatic heterocycles. The van der Waals surface area contributed by atoms with Gasteiger partial charge in [0, 0.05) is 15.6 Å². The molecule has 0 atom stereocenters. The van der Waals surface area contributed by atoms with Gasteiger partial charge in [-0.2, -0.15) is 0 Å². The van der Waals surface area contributed by atoms with Crippen molar-refractivity contribution in [2.45, 2.75) is 0 Å². The summed E-state index contributed by atoms with van der Waals surface area (Å²) in [6.07, 6.45) is 0. The molecule has 0 saturated heterocycles. The number of hydrogen-bond donors (Lipinski definition) is 1. The van der Waals surface area contributed by atoms with Crippen molar-refractivity contribution in [3.05, 3.63) is 76.0 Å². The molecule has 0 unspecified atom stereocenters. The Kier molecular flexibility index (Phi) is 4.19. The smallest absolute Gasteiger partial charge is 0.149 e. The summed E-state index contributed by atoms with van der Waals surface area (Å²) < 4.78 is 14.9. The van der Waals surface area contributed by atoms with Crippen LogP contribution in [0.25, 0.3) is 22.3 Å². The van der Waals surface area contributed by atoms with Crippen LogP contribution >= 0.6 is 27.5 Å². The summed E-state index contributed by atoms with van der Waals surface area (Å²) in [6.45, 7) is 0. The van der Waals surface area contributed by atoms with Gasteiger partial charge in [0.1, 0.15) is 11.6 Å². The first-order valence-corrected chi connectivity index (χ1v) is 7.76. The minimum atomic E-state index is -0.548. The van der Waals surface area contributed by atoms with Crippen LogP contribution in [-0.2, 0) is 0 Å². The standard InChI is InChI=1S/C18H11BrClFO/c19-13-9-15(18(21)16(20)10-13)14-7-6-12(8-17(14)22)11-4-2-1-3-5-11/h1-10,22H. The lowest BCUT2D eigenvalue weighted by molar-refractivity contribution is 0.477. The van der Waals surface area contributed by atoms with Crippen LogP contribution in [0.15, 0.2) is 65.1 Å². The van der Waals surface area contributed by atoms with Crippen molar-refractivity contribution in [2.24, 2.45) is 0 Å². The lowest BCUT2D eigenvalue weighted by atomic mass is 9.99. The summed E-state index contributed by atoms with van der Waals surface area (Å²) in [6, 6.07) is 17.9. The first-order chi connectivity index (χ1) is 10.6. The van der Waals surface area contributed by atoms with E-state index in [0.29, 0.717) is 10.0 Å². The van der Waals surface area contributed by atoms with E-state index >= 15 is 0 Å². The normalized spacial score (nSPS) is 10.7. The predicted octanol–water partition coefficient (Wildman–Crippen LogP) is 6.28. The van der Waals surface area contributed by atoms with Crippen molar-refractivity contribution in [1.29, 1.82) is 0 Å². The number of hydrogen-bond acceptors (Lipinski definition) is 1. The highest BCUT2D eigenvalue weighted by molar-refractivity contribution is 9.10. The molecule has 1 N–H and O–H groups in total. The van der Waals surface area contributed by atoms with Gasteiger partial charge in [0.2, 0.25) is 0 Å². The van der Waals surface area contributed by atoms with E-state index in [1.54, 1.807) is 18.2 Å². The molecule has 3 aromatic carbocycles. The highest BCUT2D eigenvalue weighted by atomic mass is 79.9. The van der Waals surface area contributed by atoms with Crippen LogP contribution < -0.4 is 0 Å². The zero-order valence-corrected chi connectivity index (χ0v) is 13.7. The zero-order chi connectivity index (χ0) is 15.7. The number of halogens is 3. The lowest BCUT2D eigenvalue weighted by Gasteiger charge is -2.10. The minimum absolute atomic E-state index is 0.00872. The second-order valence-electron chi connectivity index (χ2n) is 4.85. The molecule has 1 nitrogen and oxygen atoms in total. The van der Waals surface area contributed by atoms with Gasteiger partial charge >= 0.3 is 0 Å². The van der Waals surface area contributed by atoms with Gasteiger partial charge in [0.05, 0.1) is 5.02 Å². The third-order valence-corrected chi connectivity index (χ3v) is 4.12. The van der Waals surface area contributed by atoms with E-state index < -0.39 is 5.82 Å². The van der Waals surface area contributed by atoms with Gasteiger partial charge in [-0.05, 0) is 35.4 Å². The number of rotatable bonds is 2. The molecule has 0 aliphatic rings. The van der Waals surface area contributed by atoms with E-state index in [-0.39, 0.29) is 16.3 Å². The molecule has 0 aliphatic carbocycles. The van der Waals surface area contributed by atoms with Gasteiger partial charge in [-0.15, -0.1) is 0 Å². The van der Waals surface area contributed by atoms with Crippen LogP contribution in [0.3, 0.4) is 0 Å². The van der Waals surface area contributed by atoms with Crippen LogP contribution in [0.1, 0.15) is 0 Å². The molecule has 0 aliphatic heterocycles. The van der Waals surface area contributed by atoms with Gasteiger partial charge in [-0.3, -0.25) is 0 Å². The van der Waals surface area contributed by atoms with Crippen molar-refractivity contribution < 1.29 is 9.50 Å². The average Bonchev–Trinajstić information content (AvgIpc) is 2.52.